The van der Waals surface area contributed by atoms with Gasteiger partial charge in [-0.05, 0) is 52.7 Å². The minimum Gasteiger partial charge on any atom is -0.496 e. The maximum absolute atomic E-state index is 12.2. The zero-order chi connectivity index (χ0) is 17.7. The van der Waals surface area contributed by atoms with Crippen LogP contribution in [-0.2, 0) is 11.2 Å². The normalized spacial score (nSPS) is 11.6. The topological polar surface area (TPSA) is 72.8 Å². The van der Waals surface area contributed by atoms with Gasteiger partial charge in [0, 0.05) is 6.42 Å². The molecule has 2 rings (SSSR count). The lowest BCUT2D eigenvalue weighted by atomic mass is 10.1. The fraction of sp³-hybridized carbons (Fsp3) is 0.222. The molecule has 0 spiro atoms. The van der Waals surface area contributed by atoms with Crippen molar-refractivity contribution in [2.24, 2.45) is 0 Å². The number of hydrogen-bond acceptors (Lipinski definition) is 4. The maximum atomic E-state index is 12.2. The van der Waals surface area contributed by atoms with Gasteiger partial charge in [0.25, 0.3) is 0 Å². The number of methoxy groups -OCH3 is 1. The highest BCUT2D eigenvalue weighted by Crippen LogP contribution is 2.26. The number of carbonyl (C=O) groups excluding carboxylic acids is 1. The van der Waals surface area contributed by atoms with Crippen molar-refractivity contribution in [2.45, 2.75) is 19.4 Å². The number of benzene rings is 2. The average molecular weight is 393 g/mol. The number of ether oxygens (including phenoxy) is 2. The van der Waals surface area contributed by atoms with Gasteiger partial charge in [-0.3, -0.25) is 0 Å². The van der Waals surface area contributed by atoms with Gasteiger partial charge in [-0.2, -0.15) is 0 Å². The summed E-state index contributed by atoms with van der Waals surface area (Å²) in [6.45, 7) is 1.76. The molecule has 0 aliphatic carbocycles. The van der Waals surface area contributed by atoms with Gasteiger partial charge in [0.15, 0.2) is 0 Å². The van der Waals surface area contributed by atoms with Gasteiger partial charge in [0.2, 0.25) is 0 Å². The molecule has 0 fully saturated rings. The standard InChI is InChI=1S/C18H17BrO5/c1-11(9-12-7-8-16(23-2)15(19)10-12)24-18(22)14-6-4-3-5-13(14)17(20)21/h3-8,10-11H,9H2,1-2H3,(H,20,21)/t11-/m1/s1. The van der Waals surface area contributed by atoms with Crippen molar-refractivity contribution in [1.82, 2.24) is 0 Å². The molecule has 0 aliphatic heterocycles. The van der Waals surface area contributed by atoms with Crippen LogP contribution in [0.3, 0.4) is 0 Å². The van der Waals surface area contributed by atoms with Crippen LogP contribution in [0.2, 0.25) is 0 Å². The zero-order valence-electron chi connectivity index (χ0n) is 13.3. The number of aromatic carboxylic acids is 1. The molecule has 0 aliphatic rings. The van der Waals surface area contributed by atoms with Gasteiger partial charge >= 0.3 is 11.9 Å². The summed E-state index contributed by atoms with van der Waals surface area (Å²) in [5.41, 5.74) is 0.948. The van der Waals surface area contributed by atoms with Crippen molar-refractivity contribution in [3.8, 4) is 5.75 Å². The van der Waals surface area contributed by atoms with E-state index < -0.39 is 18.0 Å². The fourth-order valence-corrected chi connectivity index (χ4v) is 2.89. The van der Waals surface area contributed by atoms with Crippen LogP contribution < -0.4 is 4.74 Å². The van der Waals surface area contributed by atoms with Crippen molar-refractivity contribution in [2.75, 3.05) is 7.11 Å². The summed E-state index contributed by atoms with van der Waals surface area (Å²) in [7, 11) is 1.59. The summed E-state index contributed by atoms with van der Waals surface area (Å²) in [5, 5.41) is 9.14. The second-order valence-electron chi connectivity index (χ2n) is 5.24. The summed E-state index contributed by atoms with van der Waals surface area (Å²) >= 11 is 3.41. The lowest BCUT2D eigenvalue weighted by molar-refractivity contribution is 0.0336. The smallest absolute Gasteiger partial charge is 0.339 e. The summed E-state index contributed by atoms with van der Waals surface area (Å²) in [6, 6.07) is 11.6. The van der Waals surface area contributed by atoms with Crippen molar-refractivity contribution in [3.63, 3.8) is 0 Å². The lowest BCUT2D eigenvalue weighted by Crippen LogP contribution is -2.19. The van der Waals surface area contributed by atoms with Crippen LogP contribution in [0.1, 0.15) is 33.2 Å². The summed E-state index contributed by atoms with van der Waals surface area (Å²) in [4.78, 5) is 23.4. The van der Waals surface area contributed by atoms with E-state index in [0.29, 0.717) is 6.42 Å². The first kappa shape index (κ1) is 18.0. The predicted molar refractivity (Wildman–Crippen MR) is 92.7 cm³/mol. The molecule has 0 unspecified atom stereocenters. The van der Waals surface area contributed by atoms with Gasteiger partial charge in [0.1, 0.15) is 11.9 Å². The Morgan fingerprint density at radius 1 is 1.17 bits per heavy atom. The van der Waals surface area contributed by atoms with Crippen molar-refractivity contribution in [1.29, 1.82) is 0 Å². The molecule has 0 amide bonds. The molecule has 2 aromatic rings. The number of rotatable bonds is 6. The molecule has 0 radical (unpaired) electrons. The van der Waals surface area contributed by atoms with Crippen LogP contribution in [0.25, 0.3) is 0 Å². The van der Waals surface area contributed by atoms with Crippen LogP contribution in [-0.4, -0.2) is 30.3 Å². The number of carbonyl (C=O) groups is 2. The Bertz CT molecular complexity index is 757. The average Bonchev–Trinajstić information content (AvgIpc) is 2.54. The summed E-state index contributed by atoms with van der Waals surface area (Å²) in [6.07, 6.45) is 0.100. The minimum atomic E-state index is -1.16. The van der Waals surface area contributed by atoms with E-state index in [1.54, 1.807) is 26.2 Å². The van der Waals surface area contributed by atoms with E-state index in [-0.39, 0.29) is 11.1 Å². The molecule has 24 heavy (non-hydrogen) atoms. The first-order chi connectivity index (χ1) is 11.4. The number of hydrogen-bond donors (Lipinski definition) is 1. The highest BCUT2D eigenvalue weighted by molar-refractivity contribution is 9.10. The maximum Gasteiger partial charge on any atom is 0.339 e. The summed E-state index contributed by atoms with van der Waals surface area (Å²) < 4.78 is 11.4. The number of halogens is 1. The SMILES string of the molecule is COc1ccc(C[C@@H](C)OC(=O)c2ccccc2C(=O)O)cc1Br. The Morgan fingerprint density at radius 2 is 1.83 bits per heavy atom. The quantitative estimate of drug-likeness (QED) is 0.753. The first-order valence-electron chi connectivity index (χ1n) is 7.28. The van der Waals surface area contributed by atoms with Crippen molar-refractivity contribution < 1.29 is 24.2 Å². The van der Waals surface area contributed by atoms with Gasteiger partial charge < -0.3 is 14.6 Å². The van der Waals surface area contributed by atoms with Crippen LogP contribution >= 0.6 is 15.9 Å². The Balaban J connectivity index is 2.07. The summed E-state index contributed by atoms with van der Waals surface area (Å²) in [5.74, 6) is -1.08. The van der Waals surface area contributed by atoms with E-state index in [4.69, 9.17) is 14.6 Å². The van der Waals surface area contributed by atoms with Crippen LogP contribution in [0.15, 0.2) is 46.9 Å². The van der Waals surface area contributed by atoms with E-state index in [9.17, 15) is 9.59 Å². The third-order valence-corrected chi connectivity index (χ3v) is 4.04. The van der Waals surface area contributed by atoms with E-state index >= 15 is 0 Å². The molecule has 6 heteroatoms. The minimum absolute atomic E-state index is 0.0489. The second kappa shape index (κ2) is 7.97. The Kier molecular flexibility index (Phi) is 5.98. The van der Waals surface area contributed by atoms with Crippen molar-refractivity contribution >= 4 is 27.9 Å². The number of esters is 1. The van der Waals surface area contributed by atoms with Gasteiger partial charge in [-0.25, -0.2) is 9.59 Å². The Hall–Kier alpha value is -2.34. The molecule has 0 saturated carbocycles. The highest BCUT2D eigenvalue weighted by atomic mass is 79.9. The van der Waals surface area contributed by atoms with Crippen LogP contribution in [0.5, 0.6) is 5.75 Å². The molecule has 2 aromatic carbocycles. The number of carboxylic acid groups (broad SMARTS) is 1. The molecule has 0 aromatic heterocycles. The van der Waals surface area contributed by atoms with Gasteiger partial charge in [-0.1, -0.05) is 18.2 Å². The van der Waals surface area contributed by atoms with Crippen LogP contribution in [0.4, 0.5) is 0 Å². The largest absolute Gasteiger partial charge is 0.496 e. The van der Waals surface area contributed by atoms with E-state index in [1.165, 1.54) is 12.1 Å². The fourth-order valence-electron chi connectivity index (χ4n) is 2.30. The molecule has 0 bridgehead atoms. The first-order valence-corrected chi connectivity index (χ1v) is 8.07. The van der Waals surface area contributed by atoms with E-state index in [1.807, 2.05) is 18.2 Å². The van der Waals surface area contributed by atoms with Gasteiger partial charge in [0.05, 0.1) is 22.7 Å². The third-order valence-electron chi connectivity index (χ3n) is 3.42. The Labute approximate surface area is 148 Å². The molecule has 1 N–H and O–H groups in total. The molecule has 0 heterocycles. The monoisotopic (exact) mass is 392 g/mol. The highest BCUT2D eigenvalue weighted by Gasteiger charge is 2.19. The molecule has 5 nitrogen and oxygen atoms in total. The molecular formula is C18H17BrO5. The second-order valence-corrected chi connectivity index (χ2v) is 6.09. The van der Waals surface area contributed by atoms with Gasteiger partial charge in [-0.15, -0.1) is 0 Å². The van der Waals surface area contributed by atoms with Crippen molar-refractivity contribution in [3.05, 3.63) is 63.6 Å². The number of carboxylic acids is 1. The van der Waals surface area contributed by atoms with E-state index in [2.05, 4.69) is 15.9 Å². The Morgan fingerprint density at radius 3 is 2.42 bits per heavy atom. The molecular weight excluding hydrogens is 376 g/mol. The predicted octanol–water partition coefficient (Wildman–Crippen LogP) is 3.94. The zero-order valence-corrected chi connectivity index (χ0v) is 14.9. The lowest BCUT2D eigenvalue weighted by Gasteiger charge is -2.15. The molecule has 0 saturated heterocycles. The molecule has 126 valence electrons. The van der Waals surface area contributed by atoms with Crippen LogP contribution in [0, 0.1) is 0 Å². The van der Waals surface area contributed by atoms with E-state index in [0.717, 1.165) is 15.8 Å². The molecule has 1 atom stereocenters. The third kappa shape index (κ3) is 4.35.